The van der Waals surface area contributed by atoms with Gasteiger partial charge in [-0.3, -0.25) is 4.98 Å². The number of ether oxygens (including phenoxy) is 1. The molecule has 1 aromatic carbocycles. The van der Waals surface area contributed by atoms with Crippen LogP contribution < -0.4 is 9.62 Å². The van der Waals surface area contributed by atoms with E-state index in [1.807, 2.05) is 0 Å². The van der Waals surface area contributed by atoms with Crippen LogP contribution in [0.25, 0.3) is 10.9 Å². The SMILES string of the molecule is COc1ccc2c(OO)ccnc2c1. The maximum atomic E-state index is 8.60. The molecule has 0 atom stereocenters. The van der Waals surface area contributed by atoms with E-state index in [0.29, 0.717) is 5.75 Å². The van der Waals surface area contributed by atoms with Crippen LogP contribution in [-0.4, -0.2) is 17.4 Å². The van der Waals surface area contributed by atoms with Gasteiger partial charge in [-0.2, -0.15) is 0 Å². The van der Waals surface area contributed by atoms with Gasteiger partial charge in [0.15, 0.2) is 5.75 Å². The van der Waals surface area contributed by atoms with E-state index < -0.39 is 0 Å². The van der Waals surface area contributed by atoms with Gasteiger partial charge in [-0.15, -0.1) is 0 Å². The van der Waals surface area contributed by atoms with E-state index in [1.165, 1.54) is 0 Å². The highest BCUT2D eigenvalue weighted by molar-refractivity contribution is 5.85. The monoisotopic (exact) mass is 191 g/mol. The minimum atomic E-state index is 0.387. The lowest BCUT2D eigenvalue weighted by atomic mass is 10.2. The highest BCUT2D eigenvalue weighted by Gasteiger charge is 2.03. The predicted molar refractivity (Wildman–Crippen MR) is 51.6 cm³/mol. The van der Waals surface area contributed by atoms with Crippen molar-refractivity contribution in [2.24, 2.45) is 0 Å². The number of methoxy groups -OCH3 is 1. The summed E-state index contributed by atoms with van der Waals surface area (Å²) < 4.78 is 5.05. The van der Waals surface area contributed by atoms with Gasteiger partial charge in [-0.25, -0.2) is 5.26 Å². The molecule has 14 heavy (non-hydrogen) atoms. The number of fused-ring (bicyclic) bond motifs is 1. The Bertz CT molecular complexity index is 456. The van der Waals surface area contributed by atoms with Crippen molar-refractivity contribution in [2.45, 2.75) is 0 Å². The third-order valence-electron chi connectivity index (χ3n) is 2.01. The Morgan fingerprint density at radius 3 is 2.86 bits per heavy atom. The van der Waals surface area contributed by atoms with E-state index in [0.717, 1.165) is 16.7 Å². The normalized spacial score (nSPS) is 10.1. The number of pyridine rings is 1. The van der Waals surface area contributed by atoms with Gasteiger partial charge in [0.1, 0.15) is 5.75 Å². The number of nitrogens with zero attached hydrogens (tertiary/aromatic N) is 1. The molecular weight excluding hydrogens is 182 g/mol. The summed E-state index contributed by atoms with van der Waals surface area (Å²) in [6.45, 7) is 0. The summed E-state index contributed by atoms with van der Waals surface area (Å²) in [4.78, 5) is 8.35. The van der Waals surface area contributed by atoms with Crippen LogP contribution in [0.5, 0.6) is 11.5 Å². The number of benzene rings is 1. The molecule has 0 saturated heterocycles. The van der Waals surface area contributed by atoms with Crippen molar-refractivity contribution in [1.29, 1.82) is 0 Å². The average molecular weight is 191 g/mol. The molecule has 0 aliphatic rings. The number of aromatic nitrogens is 1. The van der Waals surface area contributed by atoms with Crippen molar-refractivity contribution in [1.82, 2.24) is 4.98 Å². The zero-order valence-electron chi connectivity index (χ0n) is 7.60. The van der Waals surface area contributed by atoms with Crippen LogP contribution in [-0.2, 0) is 0 Å². The van der Waals surface area contributed by atoms with E-state index in [1.54, 1.807) is 37.6 Å². The molecule has 0 bridgehead atoms. The van der Waals surface area contributed by atoms with Crippen molar-refractivity contribution in [3.8, 4) is 11.5 Å². The molecule has 0 spiro atoms. The minimum Gasteiger partial charge on any atom is -0.497 e. The molecule has 72 valence electrons. The first-order valence-electron chi connectivity index (χ1n) is 4.09. The summed E-state index contributed by atoms with van der Waals surface area (Å²) in [6, 6.07) is 6.94. The Hall–Kier alpha value is -1.81. The molecular formula is C10H9NO3. The molecule has 1 N–H and O–H groups in total. The third-order valence-corrected chi connectivity index (χ3v) is 2.01. The maximum Gasteiger partial charge on any atom is 0.176 e. The summed E-state index contributed by atoms with van der Waals surface area (Å²) in [5.74, 6) is 1.11. The lowest BCUT2D eigenvalue weighted by Gasteiger charge is -2.04. The molecule has 2 rings (SSSR count). The largest absolute Gasteiger partial charge is 0.497 e. The molecule has 1 aromatic heterocycles. The molecule has 4 heteroatoms. The smallest absolute Gasteiger partial charge is 0.176 e. The van der Waals surface area contributed by atoms with Crippen LogP contribution in [0, 0.1) is 0 Å². The predicted octanol–water partition coefficient (Wildman–Crippen LogP) is 2.10. The van der Waals surface area contributed by atoms with Gasteiger partial charge in [0.05, 0.1) is 12.6 Å². The highest BCUT2D eigenvalue weighted by atomic mass is 17.1. The quantitative estimate of drug-likeness (QED) is 0.583. The Labute approximate surface area is 80.6 Å². The van der Waals surface area contributed by atoms with Crippen LogP contribution in [0.3, 0.4) is 0 Å². The maximum absolute atomic E-state index is 8.60. The second kappa shape index (κ2) is 3.51. The van der Waals surface area contributed by atoms with Gasteiger partial charge in [0, 0.05) is 23.7 Å². The Morgan fingerprint density at radius 2 is 2.14 bits per heavy atom. The fourth-order valence-electron chi connectivity index (χ4n) is 1.31. The van der Waals surface area contributed by atoms with E-state index in [-0.39, 0.29) is 0 Å². The van der Waals surface area contributed by atoms with Crippen molar-refractivity contribution in [2.75, 3.05) is 7.11 Å². The molecule has 2 aromatic rings. The molecule has 0 unspecified atom stereocenters. The van der Waals surface area contributed by atoms with Gasteiger partial charge >= 0.3 is 0 Å². The summed E-state index contributed by atoms with van der Waals surface area (Å²) in [5.41, 5.74) is 0.718. The van der Waals surface area contributed by atoms with Crippen LogP contribution >= 0.6 is 0 Å². The first kappa shape index (κ1) is 8.77. The molecule has 4 nitrogen and oxygen atoms in total. The van der Waals surface area contributed by atoms with Crippen LogP contribution in [0.15, 0.2) is 30.5 Å². The third kappa shape index (κ3) is 1.36. The molecule has 0 amide bonds. The first-order valence-corrected chi connectivity index (χ1v) is 4.09. The average Bonchev–Trinajstić information content (AvgIpc) is 2.27. The van der Waals surface area contributed by atoms with Crippen LogP contribution in [0.1, 0.15) is 0 Å². The fourth-order valence-corrected chi connectivity index (χ4v) is 1.31. The van der Waals surface area contributed by atoms with E-state index in [2.05, 4.69) is 9.87 Å². The zero-order chi connectivity index (χ0) is 9.97. The van der Waals surface area contributed by atoms with E-state index in [9.17, 15) is 0 Å². The summed E-state index contributed by atoms with van der Waals surface area (Å²) in [6.07, 6.45) is 1.56. The van der Waals surface area contributed by atoms with Crippen LogP contribution in [0.2, 0.25) is 0 Å². The second-order valence-electron chi connectivity index (χ2n) is 2.78. The van der Waals surface area contributed by atoms with Crippen molar-refractivity contribution in [3.63, 3.8) is 0 Å². The van der Waals surface area contributed by atoms with Gasteiger partial charge in [-0.1, -0.05) is 0 Å². The minimum absolute atomic E-state index is 0.387. The number of hydrogen-bond acceptors (Lipinski definition) is 4. The van der Waals surface area contributed by atoms with Gasteiger partial charge < -0.3 is 9.62 Å². The van der Waals surface area contributed by atoms with Gasteiger partial charge in [-0.05, 0) is 12.1 Å². The lowest BCUT2D eigenvalue weighted by molar-refractivity contribution is -0.136. The molecule has 0 aliphatic carbocycles. The van der Waals surface area contributed by atoms with Crippen molar-refractivity contribution >= 4 is 10.9 Å². The summed E-state index contributed by atoms with van der Waals surface area (Å²) in [7, 11) is 1.59. The second-order valence-corrected chi connectivity index (χ2v) is 2.78. The Morgan fingerprint density at radius 1 is 1.29 bits per heavy atom. The van der Waals surface area contributed by atoms with Crippen molar-refractivity contribution in [3.05, 3.63) is 30.5 Å². The van der Waals surface area contributed by atoms with Gasteiger partial charge in [0.25, 0.3) is 0 Å². The lowest BCUT2D eigenvalue weighted by Crippen LogP contribution is -1.88. The summed E-state index contributed by atoms with van der Waals surface area (Å²) in [5, 5.41) is 9.35. The molecule has 0 aliphatic heterocycles. The standard InChI is InChI=1S/C10H9NO3/c1-13-7-2-3-8-9(6-7)11-5-4-10(8)14-12/h2-6,12H,1H3. The molecule has 0 saturated carbocycles. The number of hydrogen-bond donors (Lipinski definition) is 1. The zero-order valence-corrected chi connectivity index (χ0v) is 7.60. The number of rotatable bonds is 2. The molecule has 0 fully saturated rings. The topological polar surface area (TPSA) is 51.6 Å². The summed E-state index contributed by atoms with van der Waals surface area (Å²) >= 11 is 0. The first-order chi connectivity index (χ1) is 6.85. The van der Waals surface area contributed by atoms with Crippen molar-refractivity contribution < 1.29 is 14.9 Å². The van der Waals surface area contributed by atoms with E-state index >= 15 is 0 Å². The Kier molecular flexibility index (Phi) is 2.20. The van der Waals surface area contributed by atoms with Crippen LogP contribution in [0.4, 0.5) is 0 Å². The van der Waals surface area contributed by atoms with Gasteiger partial charge in [0.2, 0.25) is 0 Å². The van der Waals surface area contributed by atoms with E-state index in [4.69, 9.17) is 9.99 Å². The highest BCUT2D eigenvalue weighted by Crippen LogP contribution is 2.26. The molecule has 1 heterocycles. The fraction of sp³-hybridized carbons (Fsp3) is 0.100. The Balaban J connectivity index is 2.67. The molecule has 0 radical (unpaired) electrons.